The Morgan fingerprint density at radius 3 is 2.60 bits per heavy atom. The number of nitrogens with one attached hydrogen (secondary N) is 1. The van der Waals surface area contributed by atoms with Crippen molar-refractivity contribution in [2.45, 2.75) is 37.1 Å². The van der Waals surface area contributed by atoms with Crippen LogP contribution in [0.15, 0.2) is 35.2 Å². The Balaban J connectivity index is 1.99. The molecule has 0 aromatic heterocycles. The Bertz CT molecular complexity index is 705. The third-order valence-electron chi connectivity index (χ3n) is 4.40. The molecule has 0 aliphatic carbocycles. The Morgan fingerprint density at radius 2 is 2.00 bits per heavy atom. The average molecular weight is 368 g/mol. The standard InChI is InChI=1S/C17H24N2O5S/c1-2-14(12-25(23,24)15-8-4-3-5-9-15)18-17(22)19-10-6-7-13(11-19)16(20)21/h3-5,8-9,13-14H,2,6-7,10-12H2,1H3,(H,18,22)(H,20,21). The highest BCUT2D eigenvalue weighted by atomic mass is 32.2. The van der Waals surface area contributed by atoms with Crippen molar-refractivity contribution in [3.63, 3.8) is 0 Å². The second-order valence-electron chi connectivity index (χ2n) is 6.27. The maximum Gasteiger partial charge on any atom is 0.317 e. The molecule has 2 unspecified atom stereocenters. The zero-order chi connectivity index (χ0) is 18.4. The van der Waals surface area contributed by atoms with Crippen molar-refractivity contribution < 1.29 is 23.1 Å². The fraction of sp³-hybridized carbons (Fsp3) is 0.529. The van der Waals surface area contributed by atoms with Gasteiger partial charge in [0.2, 0.25) is 0 Å². The van der Waals surface area contributed by atoms with Crippen molar-refractivity contribution >= 4 is 21.8 Å². The van der Waals surface area contributed by atoms with Crippen molar-refractivity contribution in [2.75, 3.05) is 18.8 Å². The number of urea groups is 1. The number of carbonyl (C=O) groups is 2. The number of carboxylic acid groups (broad SMARTS) is 1. The van der Waals surface area contributed by atoms with E-state index < -0.39 is 33.8 Å². The minimum absolute atomic E-state index is 0.156. The van der Waals surface area contributed by atoms with Gasteiger partial charge >= 0.3 is 12.0 Å². The number of aliphatic carboxylic acids is 1. The molecule has 1 aromatic rings. The van der Waals surface area contributed by atoms with Crippen LogP contribution in [-0.4, -0.2) is 55.3 Å². The van der Waals surface area contributed by atoms with Gasteiger partial charge in [-0.15, -0.1) is 0 Å². The van der Waals surface area contributed by atoms with E-state index in [1.54, 1.807) is 18.2 Å². The molecule has 2 atom stereocenters. The summed E-state index contributed by atoms with van der Waals surface area (Å²) in [5.41, 5.74) is 0. The summed E-state index contributed by atoms with van der Waals surface area (Å²) >= 11 is 0. The Morgan fingerprint density at radius 1 is 1.32 bits per heavy atom. The van der Waals surface area contributed by atoms with E-state index in [0.717, 1.165) is 0 Å². The summed E-state index contributed by atoms with van der Waals surface area (Å²) in [6.07, 6.45) is 1.65. The third kappa shape index (κ3) is 5.19. The third-order valence-corrected chi connectivity index (χ3v) is 6.23. The maximum absolute atomic E-state index is 12.5. The van der Waals surface area contributed by atoms with Gasteiger partial charge in [0.15, 0.2) is 9.84 Å². The van der Waals surface area contributed by atoms with Crippen molar-refractivity contribution in [3.05, 3.63) is 30.3 Å². The number of likely N-dealkylation sites (tertiary alicyclic amines) is 1. The molecular formula is C17H24N2O5S. The number of amides is 2. The van der Waals surface area contributed by atoms with E-state index in [2.05, 4.69) is 5.32 Å². The van der Waals surface area contributed by atoms with Crippen LogP contribution in [0.1, 0.15) is 26.2 Å². The van der Waals surface area contributed by atoms with Crippen LogP contribution in [0.4, 0.5) is 4.79 Å². The van der Waals surface area contributed by atoms with E-state index in [0.29, 0.717) is 25.8 Å². The van der Waals surface area contributed by atoms with Crippen molar-refractivity contribution in [3.8, 4) is 0 Å². The molecule has 0 spiro atoms. The Hall–Kier alpha value is -2.09. The summed E-state index contributed by atoms with van der Waals surface area (Å²) in [6, 6.07) is 7.20. The van der Waals surface area contributed by atoms with Crippen LogP contribution in [-0.2, 0) is 14.6 Å². The Kier molecular flexibility index (Phi) is 6.41. The second kappa shape index (κ2) is 8.33. The SMILES string of the molecule is CCC(CS(=O)(=O)c1ccccc1)NC(=O)N1CCCC(C(=O)O)C1. The van der Waals surface area contributed by atoms with Crippen molar-refractivity contribution in [1.29, 1.82) is 0 Å². The fourth-order valence-corrected chi connectivity index (χ4v) is 4.49. The molecule has 138 valence electrons. The average Bonchev–Trinajstić information content (AvgIpc) is 2.61. The van der Waals surface area contributed by atoms with Gasteiger partial charge in [-0.1, -0.05) is 25.1 Å². The smallest absolute Gasteiger partial charge is 0.317 e. The molecular weight excluding hydrogens is 344 g/mol. The molecule has 1 fully saturated rings. The van der Waals surface area contributed by atoms with E-state index >= 15 is 0 Å². The van der Waals surface area contributed by atoms with Gasteiger partial charge in [-0.25, -0.2) is 13.2 Å². The molecule has 2 rings (SSSR count). The van der Waals surface area contributed by atoms with E-state index in [-0.39, 0.29) is 17.2 Å². The number of hydrogen-bond acceptors (Lipinski definition) is 4. The molecule has 1 heterocycles. The van der Waals surface area contributed by atoms with Crippen LogP contribution in [0.25, 0.3) is 0 Å². The molecule has 1 saturated heterocycles. The first-order valence-corrected chi connectivity index (χ1v) is 10.0. The van der Waals surface area contributed by atoms with Gasteiger partial charge in [0.1, 0.15) is 0 Å². The molecule has 1 aliphatic heterocycles. The first-order chi connectivity index (χ1) is 11.8. The molecule has 2 N–H and O–H groups in total. The number of nitrogens with zero attached hydrogens (tertiary/aromatic N) is 1. The molecule has 1 aromatic carbocycles. The summed E-state index contributed by atoms with van der Waals surface area (Å²) in [5.74, 6) is -1.65. The van der Waals surface area contributed by atoms with Crippen LogP contribution < -0.4 is 5.32 Å². The lowest BCUT2D eigenvalue weighted by Gasteiger charge is -2.32. The lowest BCUT2D eigenvalue weighted by atomic mass is 9.99. The zero-order valence-electron chi connectivity index (χ0n) is 14.2. The summed E-state index contributed by atoms with van der Waals surface area (Å²) in [4.78, 5) is 25.2. The lowest BCUT2D eigenvalue weighted by Crippen LogP contribution is -2.51. The van der Waals surface area contributed by atoms with Crippen LogP contribution >= 0.6 is 0 Å². The maximum atomic E-state index is 12.5. The van der Waals surface area contributed by atoms with Gasteiger partial charge in [-0.05, 0) is 31.4 Å². The molecule has 0 radical (unpaired) electrons. The molecule has 8 heteroatoms. The highest BCUT2D eigenvalue weighted by Gasteiger charge is 2.29. The minimum Gasteiger partial charge on any atom is -0.481 e. The predicted octanol–water partition coefficient (Wildman–Crippen LogP) is 1.75. The molecule has 25 heavy (non-hydrogen) atoms. The number of sulfone groups is 1. The van der Waals surface area contributed by atoms with Crippen LogP contribution in [0, 0.1) is 5.92 Å². The number of benzene rings is 1. The largest absolute Gasteiger partial charge is 0.481 e. The topological polar surface area (TPSA) is 104 Å². The predicted molar refractivity (Wildman–Crippen MR) is 93.0 cm³/mol. The molecule has 2 amide bonds. The summed E-state index contributed by atoms with van der Waals surface area (Å²) in [5, 5.41) is 11.8. The fourth-order valence-electron chi connectivity index (χ4n) is 2.88. The van der Waals surface area contributed by atoms with Crippen molar-refractivity contribution in [1.82, 2.24) is 10.2 Å². The minimum atomic E-state index is -3.50. The van der Waals surface area contributed by atoms with Gasteiger partial charge in [0, 0.05) is 19.1 Å². The highest BCUT2D eigenvalue weighted by Crippen LogP contribution is 2.17. The molecule has 7 nitrogen and oxygen atoms in total. The van der Waals surface area contributed by atoms with E-state index in [1.165, 1.54) is 17.0 Å². The van der Waals surface area contributed by atoms with Gasteiger partial charge in [0.25, 0.3) is 0 Å². The number of rotatable bonds is 6. The van der Waals surface area contributed by atoms with Gasteiger partial charge < -0.3 is 15.3 Å². The number of carbonyl (C=O) groups excluding carboxylic acids is 1. The quantitative estimate of drug-likeness (QED) is 0.796. The second-order valence-corrected chi connectivity index (χ2v) is 8.31. The van der Waals surface area contributed by atoms with Gasteiger partial charge in [-0.3, -0.25) is 4.79 Å². The summed E-state index contributed by atoms with van der Waals surface area (Å²) in [7, 11) is -3.50. The first kappa shape index (κ1) is 19.2. The molecule has 0 bridgehead atoms. The normalized spacial score (nSPS) is 19.2. The van der Waals surface area contributed by atoms with Crippen LogP contribution in [0.5, 0.6) is 0 Å². The Labute approximate surface area is 147 Å². The van der Waals surface area contributed by atoms with E-state index in [1.807, 2.05) is 6.92 Å². The van der Waals surface area contributed by atoms with E-state index in [9.17, 15) is 18.0 Å². The summed E-state index contributed by atoms with van der Waals surface area (Å²) in [6.45, 7) is 2.45. The first-order valence-electron chi connectivity index (χ1n) is 8.39. The molecule has 1 aliphatic rings. The number of hydrogen-bond donors (Lipinski definition) is 2. The number of piperidine rings is 1. The zero-order valence-corrected chi connectivity index (χ0v) is 15.0. The van der Waals surface area contributed by atoms with Gasteiger partial charge in [-0.2, -0.15) is 0 Å². The van der Waals surface area contributed by atoms with Crippen LogP contribution in [0.3, 0.4) is 0 Å². The van der Waals surface area contributed by atoms with Crippen molar-refractivity contribution in [2.24, 2.45) is 5.92 Å². The van der Waals surface area contributed by atoms with Gasteiger partial charge in [0.05, 0.1) is 16.6 Å². The van der Waals surface area contributed by atoms with Crippen LogP contribution in [0.2, 0.25) is 0 Å². The molecule has 0 saturated carbocycles. The number of carboxylic acids is 1. The monoisotopic (exact) mass is 368 g/mol. The highest BCUT2D eigenvalue weighted by molar-refractivity contribution is 7.91. The van der Waals surface area contributed by atoms with E-state index in [4.69, 9.17) is 5.11 Å². The lowest BCUT2D eigenvalue weighted by molar-refractivity contribution is -0.143. The summed E-state index contributed by atoms with van der Waals surface area (Å²) < 4.78 is 24.9.